The summed E-state index contributed by atoms with van der Waals surface area (Å²) in [7, 11) is 0. The van der Waals surface area contributed by atoms with Crippen LogP contribution < -0.4 is 5.56 Å². The van der Waals surface area contributed by atoms with Gasteiger partial charge >= 0.3 is 5.97 Å². The zero-order valence-electron chi connectivity index (χ0n) is 9.47. The smallest absolute Gasteiger partial charge is 0.305 e. The zero-order chi connectivity index (χ0) is 11.9. The molecule has 17 heavy (non-hydrogen) atoms. The number of carbonyl (C=O) groups is 1. The lowest BCUT2D eigenvalue weighted by molar-refractivity contribution is -0.137. The van der Waals surface area contributed by atoms with Crippen LogP contribution in [0.4, 0.5) is 0 Å². The standard InChI is InChI=1S/C10H12N2O3S.ClH/c1-5-6(2)11-10-12(9(5)15)7(4-16-10)3-8(13)14;/h7H,3-4H2,1-2H3,(H,13,14);1H. The van der Waals surface area contributed by atoms with E-state index in [9.17, 15) is 9.59 Å². The molecular weight excluding hydrogens is 264 g/mol. The van der Waals surface area contributed by atoms with E-state index in [-0.39, 0.29) is 30.4 Å². The Morgan fingerprint density at radius 1 is 1.59 bits per heavy atom. The Morgan fingerprint density at radius 3 is 2.82 bits per heavy atom. The summed E-state index contributed by atoms with van der Waals surface area (Å²) in [6, 6.07) is -0.267. The first-order chi connectivity index (χ1) is 7.50. The van der Waals surface area contributed by atoms with Crippen molar-refractivity contribution in [3.8, 4) is 0 Å². The maximum Gasteiger partial charge on any atom is 0.305 e. The number of hydrogen-bond donors (Lipinski definition) is 1. The van der Waals surface area contributed by atoms with E-state index in [1.54, 1.807) is 13.8 Å². The average Bonchev–Trinajstić information content (AvgIpc) is 2.57. The molecule has 1 unspecified atom stereocenters. The molecule has 2 rings (SSSR count). The molecule has 94 valence electrons. The highest BCUT2D eigenvalue weighted by Crippen LogP contribution is 2.32. The number of aryl methyl sites for hydroxylation is 1. The third kappa shape index (κ3) is 2.47. The highest BCUT2D eigenvalue weighted by atomic mass is 35.5. The minimum atomic E-state index is -0.886. The van der Waals surface area contributed by atoms with Crippen molar-refractivity contribution >= 4 is 30.1 Å². The Bertz CT molecular complexity index is 515. The van der Waals surface area contributed by atoms with Crippen molar-refractivity contribution in [1.82, 2.24) is 9.55 Å². The second-order valence-electron chi connectivity index (χ2n) is 3.84. The molecule has 2 heterocycles. The van der Waals surface area contributed by atoms with Crippen LogP contribution >= 0.6 is 24.2 Å². The van der Waals surface area contributed by atoms with Gasteiger partial charge in [0, 0.05) is 17.0 Å². The number of halogens is 1. The van der Waals surface area contributed by atoms with Crippen molar-refractivity contribution in [2.45, 2.75) is 31.5 Å². The molecule has 1 aromatic rings. The second kappa shape index (κ2) is 5.10. The first-order valence-electron chi connectivity index (χ1n) is 4.95. The van der Waals surface area contributed by atoms with Crippen LogP contribution in [-0.4, -0.2) is 26.4 Å². The Kier molecular flexibility index (Phi) is 4.21. The number of hydrogen-bond acceptors (Lipinski definition) is 4. The van der Waals surface area contributed by atoms with Gasteiger partial charge in [0.1, 0.15) is 0 Å². The van der Waals surface area contributed by atoms with Gasteiger partial charge in [0.05, 0.1) is 12.5 Å². The van der Waals surface area contributed by atoms with E-state index in [0.29, 0.717) is 16.5 Å². The number of aliphatic carboxylic acids is 1. The minimum absolute atomic E-state index is 0. The maximum atomic E-state index is 12.0. The number of fused-ring (bicyclic) bond motifs is 1. The van der Waals surface area contributed by atoms with Crippen molar-refractivity contribution in [1.29, 1.82) is 0 Å². The maximum absolute atomic E-state index is 12.0. The molecule has 0 fully saturated rings. The van der Waals surface area contributed by atoms with Crippen LogP contribution in [0.5, 0.6) is 0 Å². The van der Waals surface area contributed by atoms with Gasteiger partial charge in [-0.15, -0.1) is 12.4 Å². The fourth-order valence-corrected chi connectivity index (χ4v) is 2.91. The predicted molar refractivity (Wildman–Crippen MR) is 67.2 cm³/mol. The van der Waals surface area contributed by atoms with E-state index in [4.69, 9.17) is 5.11 Å². The molecule has 0 saturated heterocycles. The Hall–Kier alpha value is -1.01. The van der Waals surface area contributed by atoms with Crippen molar-refractivity contribution in [2.24, 2.45) is 0 Å². The molecule has 1 N–H and O–H groups in total. The number of nitrogens with zero attached hydrogens (tertiary/aromatic N) is 2. The summed E-state index contributed by atoms with van der Waals surface area (Å²) < 4.78 is 1.52. The SMILES string of the molecule is Cc1nc2n(c(=O)c1C)C(CC(=O)O)CS2.Cl. The summed E-state index contributed by atoms with van der Waals surface area (Å²) in [4.78, 5) is 27.0. The average molecular weight is 277 g/mol. The van der Waals surface area contributed by atoms with Gasteiger partial charge in [0.25, 0.3) is 5.56 Å². The van der Waals surface area contributed by atoms with Crippen molar-refractivity contribution in [3.63, 3.8) is 0 Å². The summed E-state index contributed by atoms with van der Waals surface area (Å²) in [6.07, 6.45) is -0.0237. The van der Waals surface area contributed by atoms with E-state index < -0.39 is 5.97 Å². The molecule has 0 radical (unpaired) electrons. The molecule has 0 spiro atoms. The van der Waals surface area contributed by atoms with Gasteiger partial charge in [-0.25, -0.2) is 4.98 Å². The molecule has 0 saturated carbocycles. The molecule has 1 aromatic heterocycles. The fraction of sp³-hybridized carbons (Fsp3) is 0.500. The first-order valence-corrected chi connectivity index (χ1v) is 5.93. The topological polar surface area (TPSA) is 72.2 Å². The van der Waals surface area contributed by atoms with Crippen LogP contribution in [0.15, 0.2) is 9.95 Å². The van der Waals surface area contributed by atoms with E-state index in [1.807, 2.05) is 0 Å². The Labute approximate surface area is 109 Å². The summed E-state index contributed by atoms with van der Waals surface area (Å²) >= 11 is 1.44. The number of carboxylic acids is 1. The molecule has 1 atom stereocenters. The quantitative estimate of drug-likeness (QED) is 0.827. The Morgan fingerprint density at radius 2 is 2.24 bits per heavy atom. The van der Waals surface area contributed by atoms with Crippen LogP contribution in [-0.2, 0) is 4.79 Å². The molecule has 1 aliphatic rings. The lowest BCUT2D eigenvalue weighted by atomic mass is 10.2. The van der Waals surface area contributed by atoms with Gasteiger partial charge in [-0.2, -0.15) is 0 Å². The van der Waals surface area contributed by atoms with Gasteiger partial charge in [0.2, 0.25) is 0 Å². The first kappa shape index (κ1) is 14.1. The van der Waals surface area contributed by atoms with Crippen LogP contribution in [0, 0.1) is 13.8 Å². The highest BCUT2D eigenvalue weighted by molar-refractivity contribution is 7.99. The lowest BCUT2D eigenvalue weighted by Gasteiger charge is -2.12. The monoisotopic (exact) mass is 276 g/mol. The second-order valence-corrected chi connectivity index (χ2v) is 4.83. The molecular formula is C10H13ClN2O3S. The number of thioether (sulfide) groups is 1. The van der Waals surface area contributed by atoms with Crippen LogP contribution in [0.2, 0.25) is 0 Å². The van der Waals surface area contributed by atoms with Gasteiger partial charge in [-0.1, -0.05) is 11.8 Å². The number of carboxylic acid groups (broad SMARTS) is 1. The normalized spacial score (nSPS) is 17.4. The molecule has 0 aromatic carbocycles. The van der Waals surface area contributed by atoms with Gasteiger partial charge < -0.3 is 5.11 Å². The van der Waals surface area contributed by atoms with Crippen molar-refractivity contribution < 1.29 is 9.90 Å². The molecule has 5 nitrogen and oxygen atoms in total. The van der Waals surface area contributed by atoms with Crippen LogP contribution in [0.3, 0.4) is 0 Å². The van der Waals surface area contributed by atoms with E-state index in [0.717, 1.165) is 5.69 Å². The third-order valence-corrected chi connectivity index (χ3v) is 3.83. The third-order valence-electron chi connectivity index (χ3n) is 2.73. The molecule has 7 heteroatoms. The van der Waals surface area contributed by atoms with E-state index in [1.165, 1.54) is 16.3 Å². The molecule has 0 aliphatic carbocycles. The van der Waals surface area contributed by atoms with Gasteiger partial charge in [0.15, 0.2) is 5.16 Å². The van der Waals surface area contributed by atoms with Crippen LogP contribution in [0.1, 0.15) is 23.7 Å². The fourth-order valence-electron chi connectivity index (χ4n) is 1.72. The minimum Gasteiger partial charge on any atom is -0.481 e. The summed E-state index contributed by atoms with van der Waals surface area (Å²) in [5.74, 6) is -0.277. The van der Waals surface area contributed by atoms with Gasteiger partial charge in [-0.05, 0) is 13.8 Å². The summed E-state index contributed by atoms with van der Waals surface area (Å²) in [5, 5.41) is 9.41. The zero-order valence-corrected chi connectivity index (χ0v) is 11.1. The predicted octanol–water partition coefficient (Wildman–Crippen LogP) is 1.40. The Balaban J connectivity index is 0.00000144. The summed E-state index contributed by atoms with van der Waals surface area (Å²) in [5.41, 5.74) is 1.21. The lowest BCUT2D eigenvalue weighted by Crippen LogP contribution is -2.28. The number of aromatic nitrogens is 2. The number of rotatable bonds is 2. The van der Waals surface area contributed by atoms with Gasteiger partial charge in [-0.3, -0.25) is 14.2 Å². The molecule has 0 bridgehead atoms. The van der Waals surface area contributed by atoms with Crippen molar-refractivity contribution in [3.05, 3.63) is 21.6 Å². The largest absolute Gasteiger partial charge is 0.481 e. The molecule has 1 aliphatic heterocycles. The highest BCUT2D eigenvalue weighted by Gasteiger charge is 2.28. The molecule has 0 amide bonds. The van der Waals surface area contributed by atoms with E-state index in [2.05, 4.69) is 4.98 Å². The van der Waals surface area contributed by atoms with E-state index >= 15 is 0 Å². The summed E-state index contributed by atoms with van der Waals surface area (Å²) in [6.45, 7) is 3.52. The van der Waals surface area contributed by atoms with Crippen LogP contribution in [0.25, 0.3) is 0 Å². The van der Waals surface area contributed by atoms with Crippen molar-refractivity contribution in [2.75, 3.05) is 5.75 Å².